The van der Waals surface area contributed by atoms with Gasteiger partial charge in [0.1, 0.15) is 5.69 Å². The van der Waals surface area contributed by atoms with E-state index in [0.29, 0.717) is 13.0 Å². The summed E-state index contributed by atoms with van der Waals surface area (Å²) >= 11 is 0. The van der Waals surface area contributed by atoms with E-state index < -0.39 is 5.97 Å². The fraction of sp³-hybridized carbons (Fsp3) is 0.571. The second-order valence-corrected chi connectivity index (χ2v) is 5.26. The first-order chi connectivity index (χ1) is 9.99. The summed E-state index contributed by atoms with van der Waals surface area (Å²) in [6, 6.07) is 2.67. The normalized spacial score (nSPS) is 18.5. The molecule has 2 heterocycles. The lowest BCUT2D eigenvalue weighted by atomic mass is 9.97. The number of carboxylic acid groups (broad SMARTS) is 1. The van der Waals surface area contributed by atoms with E-state index in [1.54, 1.807) is 4.90 Å². The third-order valence-electron chi connectivity index (χ3n) is 3.76. The summed E-state index contributed by atoms with van der Waals surface area (Å²) in [5.41, 5.74) is -0.0491. The zero-order valence-corrected chi connectivity index (χ0v) is 12.0. The van der Waals surface area contributed by atoms with Crippen molar-refractivity contribution in [1.82, 2.24) is 14.7 Å². The zero-order valence-electron chi connectivity index (χ0n) is 12.0. The molecule has 21 heavy (non-hydrogen) atoms. The van der Waals surface area contributed by atoms with E-state index in [4.69, 9.17) is 5.11 Å². The minimum atomic E-state index is -0.854. The Morgan fingerprint density at radius 2 is 2.14 bits per heavy atom. The lowest BCUT2D eigenvalue weighted by Gasteiger charge is -2.35. The number of carbonyl (C=O) groups is 2. The molecule has 1 aliphatic rings. The number of aromatic nitrogens is 2. The topological polar surface area (TPSA) is 92.5 Å². The predicted octanol–water partition coefficient (Wildman–Crippen LogP) is 0.640. The predicted molar refractivity (Wildman–Crippen MR) is 75.0 cm³/mol. The number of hydrogen-bond donors (Lipinski definition) is 1. The lowest BCUT2D eigenvalue weighted by Crippen LogP contribution is -2.44. The summed E-state index contributed by atoms with van der Waals surface area (Å²) < 4.78 is 1.13. The average Bonchev–Trinajstić information content (AvgIpc) is 2.47. The van der Waals surface area contributed by atoms with Gasteiger partial charge < -0.3 is 10.0 Å². The van der Waals surface area contributed by atoms with E-state index in [2.05, 4.69) is 5.10 Å². The van der Waals surface area contributed by atoms with Crippen LogP contribution in [0.25, 0.3) is 0 Å². The Morgan fingerprint density at radius 3 is 2.81 bits per heavy atom. The van der Waals surface area contributed by atoms with E-state index in [9.17, 15) is 14.4 Å². The number of rotatable bonds is 4. The fourth-order valence-corrected chi connectivity index (χ4v) is 2.62. The number of carboxylic acids is 1. The molecule has 2 rings (SSSR count). The van der Waals surface area contributed by atoms with Gasteiger partial charge in [0.2, 0.25) is 0 Å². The van der Waals surface area contributed by atoms with E-state index in [1.807, 2.05) is 0 Å². The van der Waals surface area contributed by atoms with Crippen LogP contribution in [0.4, 0.5) is 0 Å². The summed E-state index contributed by atoms with van der Waals surface area (Å²) in [5.74, 6) is -1.09. The molecule has 0 saturated carbocycles. The highest BCUT2D eigenvalue weighted by Gasteiger charge is 2.28. The number of carbonyl (C=O) groups excluding carboxylic acids is 1. The molecule has 0 aliphatic carbocycles. The first-order valence-corrected chi connectivity index (χ1v) is 7.06. The Balaban J connectivity index is 2.15. The molecule has 0 spiro atoms. The monoisotopic (exact) mass is 293 g/mol. The van der Waals surface area contributed by atoms with Crippen LogP contribution in [0.15, 0.2) is 16.9 Å². The molecule has 7 nitrogen and oxygen atoms in total. The van der Waals surface area contributed by atoms with E-state index in [0.717, 1.165) is 23.9 Å². The molecule has 1 fully saturated rings. The van der Waals surface area contributed by atoms with Crippen molar-refractivity contribution < 1.29 is 14.7 Å². The molecule has 0 bridgehead atoms. The van der Waals surface area contributed by atoms with Gasteiger partial charge in [-0.1, -0.05) is 0 Å². The third kappa shape index (κ3) is 3.68. The van der Waals surface area contributed by atoms with Crippen molar-refractivity contribution in [2.45, 2.75) is 38.1 Å². The molecule has 1 saturated heterocycles. The number of aliphatic carboxylic acids is 1. The number of likely N-dealkylation sites (tertiary alicyclic amines) is 1. The van der Waals surface area contributed by atoms with Crippen LogP contribution in [0.3, 0.4) is 0 Å². The van der Waals surface area contributed by atoms with Crippen molar-refractivity contribution in [2.75, 3.05) is 6.54 Å². The van der Waals surface area contributed by atoms with Gasteiger partial charge in [0.05, 0.1) is 0 Å². The molecular weight excluding hydrogens is 274 g/mol. The molecule has 1 aromatic heterocycles. The van der Waals surface area contributed by atoms with Crippen molar-refractivity contribution in [3.8, 4) is 0 Å². The molecule has 1 aromatic rings. The number of aryl methyl sites for hydroxylation is 1. The standard InChI is InChI=1S/C14H19N3O4/c1-16-12(18)7-6-11(15-16)14(21)17-9-3-2-4-10(17)5-8-13(19)20/h6-7,10H,2-5,8-9H2,1H3,(H,19,20). The molecule has 1 amide bonds. The summed E-state index contributed by atoms with van der Waals surface area (Å²) in [7, 11) is 1.50. The second kappa shape index (κ2) is 6.51. The van der Waals surface area contributed by atoms with E-state index >= 15 is 0 Å². The SMILES string of the molecule is Cn1nc(C(=O)N2CCCCC2CCC(=O)O)ccc1=O. The highest BCUT2D eigenvalue weighted by atomic mass is 16.4. The quantitative estimate of drug-likeness (QED) is 0.879. The maximum Gasteiger partial charge on any atom is 0.303 e. The highest BCUT2D eigenvalue weighted by molar-refractivity contribution is 5.92. The average molecular weight is 293 g/mol. The Labute approximate surface area is 122 Å². The van der Waals surface area contributed by atoms with Gasteiger partial charge in [0.25, 0.3) is 11.5 Å². The highest BCUT2D eigenvalue weighted by Crippen LogP contribution is 2.22. The van der Waals surface area contributed by atoms with Gasteiger partial charge in [-0.15, -0.1) is 0 Å². The van der Waals surface area contributed by atoms with Gasteiger partial charge in [-0.05, 0) is 31.7 Å². The minimum Gasteiger partial charge on any atom is -0.481 e. The molecular formula is C14H19N3O4. The van der Waals surface area contributed by atoms with Crippen LogP contribution in [0.5, 0.6) is 0 Å². The van der Waals surface area contributed by atoms with Gasteiger partial charge in [-0.3, -0.25) is 14.4 Å². The molecule has 1 aliphatic heterocycles. The van der Waals surface area contributed by atoms with Crippen LogP contribution in [-0.2, 0) is 11.8 Å². The number of piperidine rings is 1. The zero-order chi connectivity index (χ0) is 15.4. The maximum absolute atomic E-state index is 12.5. The summed E-state index contributed by atoms with van der Waals surface area (Å²) in [4.78, 5) is 36.3. The number of hydrogen-bond acceptors (Lipinski definition) is 4. The van der Waals surface area contributed by atoms with Gasteiger partial charge in [0, 0.05) is 32.1 Å². The van der Waals surface area contributed by atoms with Crippen LogP contribution in [-0.4, -0.2) is 44.3 Å². The first-order valence-electron chi connectivity index (χ1n) is 7.06. The number of amides is 1. The summed E-state index contributed by atoms with van der Waals surface area (Å²) in [5, 5.41) is 12.8. The van der Waals surface area contributed by atoms with Gasteiger partial charge in [0.15, 0.2) is 0 Å². The minimum absolute atomic E-state index is 0.0507. The largest absolute Gasteiger partial charge is 0.481 e. The van der Waals surface area contributed by atoms with Gasteiger partial charge in [-0.25, -0.2) is 4.68 Å². The van der Waals surface area contributed by atoms with Crippen molar-refractivity contribution >= 4 is 11.9 Å². The maximum atomic E-state index is 12.5. The summed E-state index contributed by atoms with van der Waals surface area (Å²) in [6.07, 6.45) is 3.21. The molecule has 7 heteroatoms. The Kier molecular flexibility index (Phi) is 4.72. The Hall–Kier alpha value is -2.18. The van der Waals surface area contributed by atoms with Crippen LogP contribution < -0.4 is 5.56 Å². The number of nitrogens with zero attached hydrogens (tertiary/aromatic N) is 3. The summed E-state index contributed by atoms with van der Waals surface area (Å²) in [6.45, 7) is 0.605. The molecule has 114 valence electrons. The van der Waals surface area contributed by atoms with E-state index in [1.165, 1.54) is 19.2 Å². The first kappa shape index (κ1) is 15.2. The molecule has 0 aromatic carbocycles. The molecule has 0 radical (unpaired) electrons. The van der Waals surface area contributed by atoms with Crippen LogP contribution >= 0.6 is 0 Å². The van der Waals surface area contributed by atoms with Crippen LogP contribution in [0, 0.1) is 0 Å². The van der Waals surface area contributed by atoms with Gasteiger partial charge >= 0.3 is 5.97 Å². The Bertz CT molecular complexity index is 596. The Morgan fingerprint density at radius 1 is 1.38 bits per heavy atom. The third-order valence-corrected chi connectivity index (χ3v) is 3.76. The van der Waals surface area contributed by atoms with Crippen molar-refractivity contribution in [1.29, 1.82) is 0 Å². The van der Waals surface area contributed by atoms with Gasteiger partial charge in [-0.2, -0.15) is 5.10 Å². The van der Waals surface area contributed by atoms with Crippen molar-refractivity contribution in [2.24, 2.45) is 7.05 Å². The molecule has 1 N–H and O–H groups in total. The fourth-order valence-electron chi connectivity index (χ4n) is 2.62. The smallest absolute Gasteiger partial charge is 0.303 e. The lowest BCUT2D eigenvalue weighted by molar-refractivity contribution is -0.137. The molecule has 1 atom stereocenters. The van der Waals surface area contributed by atoms with Crippen molar-refractivity contribution in [3.05, 3.63) is 28.2 Å². The van der Waals surface area contributed by atoms with Crippen LogP contribution in [0.1, 0.15) is 42.6 Å². The molecule has 1 unspecified atom stereocenters. The van der Waals surface area contributed by atoms with Crippen LogP contribution in [0.2, 0.25) is 0 Å². The van der Waals surface area contributed by atoms with Crippen molar-refractivity contribution in [3.63, 3.8) is 0 Å². The van der Waals surface area contributed by atoms with E-state index in [-0.39, 0.29) is 29.6 Å². The second-order valence-electron chi connectivity index (χ2n) is 5.26.